The van der Waals surface area contributed by atoms with Crippen molar-refractivity contribution in [2.24, 2.45) is 0 Å². The largest absolute Gasteiger partial charge is 0.306 e. The van der Waals surface area contributed by atoms with Crippen molar-refractivity contribution in [1.82, 2.24) is 9.55 Å². The summed E-state index contributed by atoms with van der Waals surface area (Å²) in [4.78, 5) is 4.31. The average Bonchev–Trinajstić information content (AvgIpc) is 3.30. The highest BCUT2D eigenvalue weighted by Gasteiger charge is 2.33. The second-order valence-electron chi connectivity index (χ2n) is 6.37. The molecule has 4 heterocycles. The monoisotopic (exact) mass is 340 g/mol. The van der Waals surface area contributed by atoms with Crippen molar-refractivity contribution in [3.05, 3.63) is 78.6 Å². The third-order valence-corrected chi connectivity index (χ3v) is 6.22. The van der Waals surface area contributed by atoms with Gasteiger partial charge in [0.05, 0.1) is 0 Å². The van der Waals surface area contributed by atoms with Gasteiger partial charge < -0.3 is 0 Å². The molecule has 0 bridgehead atoms. The number of nitrogens with zero attached hydrogens (tertiary/aromatic N) is 3. The van der Waals surface area contributed by atoms with E-state index in [9.17, 15) is 0 Å². The maximum absolute atomic E-state index is 4.31. The molecule has 6 rings (SSSR count). The molecule has 2 aromatic carbocycles. The third-order valence-electron chi connectivity index (χ3n) is 4.98. The Bertz CT molecular complexity index is 1260. The van der Waals surface area contributed by atoms with E-state index in [0.29, 0.717) is 0 Å². The molecule has 0 amide bonds. The minimum Gasteiger partial charge on any atom is -0.264 e. The van der Waals surface area contributed by atoms with Gasteiger partial charge in [-0.3, -0.25) is 4.98 Å². The Morgan fingerprint density at radius 2 is 1.80 bits per heavy atom. The van der Waals surface area contributed by atoms with Crippen LogP contribution in [-0.2, 0) is 6.54 Å². The van der Waals surface area contributed by atoms with Crippen LogP contribution in [0.4, 0.5) is 0 Å². The van der Waals surface area contributed by atoms with Crippen LogP contribution < -0.4 is 4.57 Å². The molecular formula is C21H14N3S+. The number of aromatic nitrogens is 3. The van der Waals surface area contributed by atoms with E-state index >= 15 is 0 Å². The first-order chi connectivity index (χ1) is 12.4. The van der Waals surface area contributed by atoms with Gasteiger partial charge in [0.15, 0.2) is 5.01 Å². The van der Waals surface area contributed by atoms with Crippen molar-refractivity contribution in [2.45, 2.75) is 6.54 Å². The highest BCUT2D eigenvalue weighted by atomic mass is 32.1. The predicted octanol–water partition coefficient (Wildman–Crippen LogP) is 4.56. The SMILES string of the molecule is c1ccc(-n2c3ccccc3c3sc4[n+](c32)Cc2cnccc2-4)cc1. The van der Waals surface area contributed by atoms with Crippen molar-refractivity contribution in [2.75, 3.05) is 0 Å². The molecule has 3 nitrogen and oxygen atoms in total. The van der Waals surface area contributed by atoms with Crippen LogP contribution in [0.3, 0.4) is 0 Å². The second kappa shape index (κ2) is 4.77. The maximum atomic E-state index is 4.31. The normalized spacial score (nSPS) is 12.6. The van der Waals surface area contributed by atoms with Crippen LogP contribution in [0.5, 0.6) is 0 Å². The van der Waals surface area contributed by atoms with Gasteiger partial charge in [0, 0.05) is 28.9 Å². The van der Waals surface area contributed by atoms with Crippen molar-refractivity contribution in [3.8, 4) is 16.3 Å². The van der Waals surface area contributed by atoms with E-state index in [0.717, 1.165) is 6.54 Å². The van der Waals surface area contributed by atoms with E-state index < -0.39 is 0 Å². The van der Waals surface area contributed by atoms with Crippen LogP contribution >= 0.6 is 11.3 Å². The lowest BCUT2D eigenvalue weighted by Crippen LogP contribution is -2.32. The Morgan fingerprint density at radius 1 is 0.960 bits per heavy atom. The summed E-state index contributed by atoms with van der Waals surface area (Å²) in [6, 6.07) is 21.5. The summed E-state index contributed by atoms with van der Waals surface area (Å²) in [5.74, 6) is 0. The molecule has 0 atom stereocenters. The van der Waals surface area contributed by atoms with Gasteiger partial charge in [-0.15, -0.1) is 0 Å². The van der Waals surface area contributed by atoms with Gasteiger partial charge in [-0.2, -0.15) is 4.57 Å². The molecule has 3 aromatic heterocycles. The molecule has 118 valence electrons. The van der Waals surface area contributed by atoms with Crippen molar-refractivity contribution >= 4 is 32.6 Å². The molecular weight excluding hydrogens is 326 g/mol. The number of pyridine rings is 1. The molecule has 1 aliphatic rings. The highest BCUT2D eigenvalue weighted by molar-refractivity contribution is 7.22. The number of para-hydroxylation sites is 2. The Balaban J connectivity index is 1.79. The second-order valence-corrected chi connectivity index (χ2v) is 7.37. The number of benzene rings is 2. The smallest absolute Gasteiger partial charge is 0.264 e. The number of rotatable bonds is 1. The Kier molecular flexibility index (Phi) is 2.54. The number of hydrogen-bond acceptors (Lipinski definition) is 2. The van der Waals surface area contributed by atoms with Gasteiger partial charge in [0.1, 0.15) is 22.4 Å². The van der Waals surface area contributed by atoms with Crippen LogP contribution in [0, 0.1) is 0 Å². The summed E-state index contributed by atoms with van der Waals surface area (Å²) in [6.45, 7) is 0.891. The first-order valence-electron chi connectivity index (χ1n) is 8.36. The molecule has 0 saturated heterocycles. The molecule has 1 aliphatic heterocycles. The summed E-state index contributed by atoms with van der Waals surface area (Å²) in [7, 11) is 0. The fourth-order valence-electron chi connectivity index (χ4n) is 3.91. The summed E-state index contributed by atoms with van der Waals surface area (Å²) >= 11 is 1.89. The highest BCUT2D eigenvalue weighted by Crippen LogP contribution is 2.40. The number of hydrogen-bond donors (Lipinski definition) is 0. The molecule has 0 saturated carbocycles. The first-order valence-corrected chi connectivity index (χ1v) is 9.18. The minimum atomic E-state index is 0.891. The Morgan fingerprint density at radius 3 is 2.72 bits per heavy atom. The van der Waals surface area contributed by atoms with Gasteiger partial charge in [-0.05, 0) is 30.3 Å². The maximum Gasteiger partial charge on any atom is 0.306 e. The summed E-state index contributed by atoms with van der Waals surface area (Å²) < 4.78 is 6.19. The van der Waals surface area contributed by atoms with Crippen molar-refractivity contribution < 1.29 is 4.57 Å². The molecule has 0 N–H and O–H groups in total. The average molecular weight is 340 g/mol. The minimum absolute atomic E-state index is 0.891. The van der Waals surface area contributed by atoms with Crippen molar-refractivity contribution in [3.63, 3.8) is 0 Å². The molecule has 0 radical (unpaired) electrons. The summed E-state index contributed by atoms with van der Waals surface area (Å²) in [5.41, 5.74) is 6.37. The van der Waals surface area contributed by atoms with E-state index in [4.69, 9.17) is 0 Å². The molecule has 0 fully saturated rings. The van der Waals surface area contributed by atoms with Crippen molar-refractivity contribution in [1.29, 1.82) is 0 Å². The number of fused-ring (bicyclic) bond motifs is 7. The molecule has 0 spiro atoms. The van der Waals surface area contributed by atoms with Gasteiger partial charge >= 0.3 is 5.65 Å². The quantitative estimate of drug-likeness (QED) is 0.402. The van der Waals surface area contributed by atoms with Gasteiger partial charge in [0.2, 0.25) is 0 Å². The zero-order valence-corrected chi connectivity index (χ0v) is 14.2. The van der Waals surface area contributed by atoms with E-state index in [1.807, 2.05) is 23.7 Å². The predicted molar refractivity (Wildman–Crippen MR) is 101 cm³/mol. The topological polar surface area (TPSA) is 21.7 Å². The van der Waals surface area contributed by atoms with Crippen LogP contribution in [0.15, 0.2) is 73.1 Å². The zero-order chi connectivity index (χ0) is 16.4. The lowest BCUT2D eigenvalue weighted by Gasteiger charge is -2.01. The molecule has 4 heteroatoms. The van der Waals surface area contributed by atoms with Gasteiger partial charge in [0.25, 0.3) is 0 Å². The molecule has 25 heavy (non-hydrogen) atoms. The third kappa shape index (κ3) is 1.69. The Hall–Kier alpha value is -2.98. The van der Waals surface area contributed by atoms with Crippen LogP contribution in [-0.4, -0.2) is 9.55 Å². The van der Waals surface area contributed by atoms with E-state index in [-0.39, 0.29) is 0 Å². The molecule has 5 aromatic rings. The Labute approximate surface area is 148 Å². The van der Waals surface area contributed by atoms with E-state index in [2.05, 4.69) is 74.8 Å². The van der Waals surface area contributed by atoms with Crippen LogP contribution in [0.1, 0.15) is 5.56 Å². The first kappa shape index (κ1) is 13.3. The van der Waals surface area contributed by atoms with Crippen LogP contribution in [0.2, 0.25) is 0 Å². The summed E-state index contributed by atoms with van der Waals surface area (Å²) in [6.07, 6.45) is 3.89. The lowest BCUT2D eigenvalue weighted by atomic mass is 10.2. The van der Waals surface area contributed by atoms with E-state index in [1.54, 1.807) is 0 Å². The molecule has 0 unspecified atom stereocenters. The van der Waals surface area contributed by atoms with Gasteiger partial charge in [-0.25, -0.2) is 4.57 Å². The zero-order valence-electron chi connectivity index (χ0n) is 13.4. The fourth-order valence-corrected chi connectivity index (χ4v) is 5.25. The number of thiazole rings is 1. The lowest BCUT2D eigenvalue weighted by molar-refractivity contribution is -0.644. The van der Waals surface area contributed by atoms with Crippen LogP contribution in [0.25, 0.3) is 37.5 Å². The summed E-state index contributed by atoms with van der Waals surface area (Å²) in [5, 5.41) is 2.65. The standard InChI is InChI=1S/C21H14N3S/c1-2-6-15(7-3-1)24-18-9-5-4-8-17(18)19-20(24)23-13-14-12-22-11-10-16(14)21(23)25-19/h1-12H,13H2/q+1. The fraction of sp³-hybridized carbons (Fsp3) is 0.0476. The van der Waals surface area contributed by atoms with E-state index in [1.165, 1.54) is 43.1 Å². The van der Waals surface area contributed by atoms with Gasteiger partial charge in [-0.1, -0.05) is 41.7 Å². The molecule has 0 aliphatic carbocycles.